The van der Waals surface area contributed by atoms with Gasteiger partial charge in [-0.25, -0.2) is 14.2 Å². The van der Waals surface area contributed by atoms with Crippen molar-refractivity contribution in [3.8, 4) is 17.5 Å². The van der Waals surface area contributed by atoms with Crippen molar-refractivity contribution in [3.05, 3.63) is 50.2 Å². The standard InChI is InChI=1S/C24H27F3N6O4/c1-5-6-12-31-18-19(32(23(36)29(4)20(18)34)17-9-7-8-15(2)16(17)3)33(37-21(35)24(25,26)27)22(31)30-13-10-28-11-14-30/h7-9,22,28H,10-14H2,1-4H3. The van der Waals surface area contributed by atoms with E-state index in [-0.39, 0.29) is 18.1 Å². The van der Waals surface area contributed by atoms with Gasteiger partial charge in [-0.05, 0) is 38.0 Å². The summed E-state index contributed by atoms with van der Waals surface area (Å²) < 4.78 is 42.3. The molecular formula is C24H27F3N6O4. The molecule has 2 aliphatic rings. The topological polar surface area (TPSA) is 92.0 Å². The zero-order chi connectivity index (χ0) is 27.1. The number of nitrogens with one attached hydrogen (secondary N) is 1. The lowest BCUT2D eigenvalue weighted by molar-refractivity contribution is -0.203. The van der Waals surface area contributed by atoms with Crippen LogP contribution in [0.5, 0.6) is 0 Å². The first-order valence-corrected chi connectivity index (χ1v) is 11.6. The van der Waals surface area contributed by atoms with Crippen LogP contribution in [0.1, 0.15) is 18.1 Å². The van der Waals surface area contributed by atoms with E-state index in [0.717, 1.165) is 19.8 Å². The van der Waals surface area contributed by atoms with Gasteiger partial charge in [0.1, 0.15) is 0 Å². The second-order valence-corrected chi connectivity index (χ2v) is 8.76. The molecular weight excluding hydrogens is 493 g/mol. The van der Waals surface area contributed by atoms with Gasteiger partial charge in [-0.2, -0.15) is 13.2 Å². The van der Waals surface area contributed by atoms with E-state index in [1.807, 2.05) is 13.0 Å². The van der Waals surface area contributed by atoms with Crippen molar-refractivity contribution in [1.82, 2.24) is 19.4 Å². The maximum absolute atomic E-state index is 13.5. The lowest BCUT2D eigenvalue weighted by atomic mass is 10.1. The number of benzene rings is 1. The summed E-state index contributed by atoms with van der Waals surface area (Å²) in [6.07, 6.45) is -6.45. The Morgan fingerprint density at radius 3 is 2.49 bits per heavy atom. The predicted octanol–water partition coefficient (Wildman–Crippen LogP) is 1.01. The second kappa shape index (κ2) is 9.95. The largest absolute Gasteiger partial charge is 0.493 e. The Kier molecular flexibility index (Phi) is 7.07. The third-order valence-electron chi connectivity index (χ3n) is 6.53. The Balaban J connectivity index is 2.08. The van der Waals surface area contributed by atoms with E-state index in [1.165, 1.54) is 11.9 Å². The summed E-state index contributed by atoms with van der Waals surface area (Å²) in [5.74, 6) is 2.85. The number of aryl methyl sites for hydroxylation is 1. The van der Waals surface area contributed by atoms with E-state index in [2.05, 4.69) is 17.2 Å². The fraction of sp³-hybridized carbons (Fsp3) is 0.458. The predicted molar refractivity (Wildman–Crippen MR) is 130 cm³/mol. The molecule has 1 aromatic heterocycles. The van der Waals surface area contributed by atoms with Gasteiger partial charge < -0.3 is 15.1 Å². The lowest BCUT2D eigenvalue weighted by Gasteiger charge is -2.40. The van der Waals surface area contributed by atoms with Crippen molar-refractivity contribution >= 4 is 17.5 Å². The van der Waals surface area contributed by atoms with Crippen LogP contribution in [0, 0.1) is 25.7 Å². The summed E-state index contributed by atoms with van der Waals surface area (Å²) in [5, 5.41) is 3.90. The summed E-state index contributed by atoms with van der Waals surface area (Å²) in [6.45, 7) is 6.90. The molecule has 1 saturated heterocycles. The minimum atomic E-state index is -5.31. The van der Waals surface area contributed by atoms with E-state index in [4.69, 9.17) is 4.84 Å². The molecule has 4 rings (SSSR count). The molecule has 1 N–H and O–H groups in total. The number of halogens is 3. The monoisotopic (exact) mass is 520 g/mol. The normalized spacial score (nSPS) is 17.9. The minimum absolute atomic E-state index is 0.0571. The van der Waals surface area contributed by atoms with Gasteiger partial charge in [-0.1, -0.05) is 18.1 Å². The third kappa shape index (κ3) is 4.58. The van der Waals surface area contributed by atoms with Crippen molar-refractivity contribution < 1.29 is 22.8 Å². The molecule has 13 heteroatoms. The number of alkyl halides is 3. The number of carbonyl (C=O) groups excluding carboxylic acids is 1. The van der Waals surface area contributed by atoms with Gasteiger partial charge in [0, 0.05) is 33.2 Å². The molecule has 1 unspecified atom stereocenters. The van der Waals surface area contributed by atoms with Crippen LogP contribution in [0.2, 0.25) is 0 Å². The van der Waals surface area contributed by atoms with E-state index in [0.29, 0.717) is 37.4 Å². The van der Waals surface area contributed by atoms with Crippen molar-refractivity contribution in [2.75, 3.05) is 42.7 Å². The average Bonchev–Trinajstić information content (AvgIpc) is 3.17. The van der Waals surface area contributed by atoms with Crippen LogP contribution in [-0.2, 0) is 16.7 Å². The number of carbonyl (C=O) groups is 1. The van der Waals surface area contributed by atoms with Crippen molar-refractivity contribution in [3.63, 3.8) is 0 Å². The Morgan fingerprint density at radius 1 is 1.19 bits per heavy atom. The van der Waals surface area contributed by atoms with Gasteiger partial charge >= 0.3 is 17.8 Å². The Labute approximate surface area is 210 Å². The minimum Gasteiger partial charge on any atom is -0.327 e. The average molecular weight is 521 g/mol. The van der Waals surface area contributed by atoms with Gasteiger partial charge in [-0.15, -0.1) is 11.0 Å². The Morgan fingerprint density at radius 2 is 1.86 bits per heavy atom. The first-order valence-electron chi connectivity index (χ1n) is 11.6. The lowest BCUT2D eigenvalue weighted by Crippen LogP contribution is -2.61. The maximum Gasteiger partial charge on any atom is 0.493 e. The van der Waals surface area contributed by atoms with Gasteiger partial charge in [0.2, 0.25) is 0 Å². The van der Waals surface area contributed by atoms with Gasteiger partial charge in [0.25, 0.3) is 5.56 Å². The highest BCUT2D eigenvalue weighted by molar-refractivity contribution is 5.81. The molecule has 1 atom stereocenters. The van der Waals surface area contributed by atoms with Crippen molar-refractivity contribution in [1.29, 1.82) is 0 Å². The van der Waals surface area contributed by atoms with E-state index >= 15 is 0 Å². The highest BCUT2D eigenvalue weighted by Gasteiger charge is 2.51. The van der Waals surface area contributed by atoms with Crippen LogP contribution in [-0.4, -0.2) is 65.2 Å². The molecule has 0 spiro atoms. The molecule has 0 bridgehead atoms. The molecule has 198 valence electrons. The number of anilines is 2. The SMILES string of the molecule is CC#CCN1c2c(n(-c3cccc(C)c3C)c(=O)n(C)c2=O)N(OC(=O)C(F)(F)F)C1N1CCNCC1. The summed E-state index contributed by atoms with van der Waals surface area (Å²) in [6, 6.07) is 5.13. The number of fused-ring (bicyclic) bond motifs is 1. The molecule has 1 aromatic carbocycles. The van der Waals surface area contributed by atoms with Crippen LogP contribution in [0.3, 0.4) is 0 Å². The number of rotatable bonds is 4. The van der Waals surface area contributed by atoms with Crippen LogP contribution >= 0.6 is 0 Å². The molecule has 37 heavy (non-hydrogen) atoms. The zero-order valence-electron chi connectivity index (χ0n) is 20.8. The van der Waals surface area contributed by atoms with Crippen LogP contribution in [0.4, 0.5) is 24.7 Å². The number of piperazine rings is 1. The Hall–Kier alpha value is -3.76. The summed E-state index contributed by atoms with van der Waals surface area (Å²) in [5.41, 5.74) is 0.184. The molecule has 0 saturated carbocycles. The summed E-state index contributed by atoms with van der Waals surface area (Å²) >= 11 is 0. The van der Waals surface area contributed by atoms with Crippen molar-refractivity contribution in [2.24, 2.45) is 7.05 Å². The molecule has 0 radical (unpaired) electrons. The van der Waals surface area contributed by atoms with Gasteiger partial charge in [0.05, 0.1) is 12.2 Å². The first kappa shape index (κ1) is 26.3. The van der Waals surface area contributed by atoms with Crippen molar-refractivity contribution in [2.45, 2.75) is 33.2 Å². The fourth-order valence-corrected chi connectivity index (χ4v) is 4.50. The highest BCUT2D eigenvalue weighted by atomic mass is 19.4. The first-order chi connectivity index (χ1) is 17.5. The second-order valence-electron chi connectivity index (χ2n) is 8.76. The van der Waals surface area contributed by atoms with E-state index in [1.54, 1.807) is 30.9 Å². The maximum atomic E-state index is 13.5. The molecule has 10 nitrogen and oxygen atoms in total. The third-order valence-corrected chi connectivity index (χ3v) is 6.53. The number of aromatic nitrogens is 2. The Bertz CT molecular complexity index is 1400. The molecule has 2 aromatic rings. The summed E-state index contributed by atoms with van der Waals surface area (Å²) in [4.78, 5) is 47.4. The number of hydroxylamine groups is 1. The van der Waals surface area contributed by atoms with E-state index in [9.17, 15) is 27.6 Å². The molecule has 3 heterocycles. The van der Waals surface area contributed by atoms with Crippen LogP contribution < -0.4 is 26.5 Å². The van der Waals surface area contributed by atoms with Crippen LogP contribution in [0.15, 0.2) is 27.8 Å². The number of hydrogen-bond donors (Lipinski definition) is 1. The van der Waals surface area contributed by atoms with Gasteiger partial charge in [0.15, 0.2) is 17.8 Å². The molecule has 0 aliphatic carbocycles. The highest BCUT2D eigenvalue weighted by Crippen LogP contribution is 2.40. The van der Waals surface area contributed by atoms with Crippen LogP contribution in [0.25, 0.3) is 5.69 Å². The van der Waals surface area contributed by atoms with E-state index < -0.39 is 29.7 Å². The number of hydrogen-bond acceptors (Lipinski definition) is 8. The molecule has 0 amide bonds. The number of nitrogens with zero attached hydrogens (tertiary/aromatic N) is 5. The molecule has 1 fully saturated rings. The quantitative estimate of drug-likeness (QED) is 0.598. The summed E-state index contributed by atoms with van der Waals surface area (Å²) in [7, 11) is 1.29. The smallest absolute Gasteiger partial charge is 0.327 e. The zero-order valence-corrected chi connectivity index (χ0v) is 20.8. The van der Waals surface area contributed by atoms with Gasteiger partial charge in [-0.3, -0.25) is 14.3 Å². The molecule has 2 aliphatic heterocycles. The fourth-order valence-electron chi connectivity index (χ4n) is 4.50.